The van der Waals surface area contributed by atoms with E-state index in [0.717, 1.165) is 6.07 Å². The zero-order chi connectivity index (χ0) is 13.4. The van der Waals surface area contributed by atoms with Gasteiger partial charge in [-0.25, -0.2) is 8.78 Å². The van der Waals surface area contributed by atoms with Crippen molar-refractivity contribution in [1.82, 2.24) is 9.80 Å². The van der Waals surface area contributed by atoms with Crippen LogP contribution < -0.4 is 0 Å². The Balaban J connectivity index is 2.14. The molecule has 1 heterocycles. The van der Waals surface area contributed by atoms with Crippen molar-refractivity contribution in [3.63, 3.8) is 0 Å². The monoisotopic (exact) mass is 318 g/mol. The molecule has 1 aliphatic heterocycles. The fourth-order valence-corrected chi connectivity index (χ4v) is 2.15. The summed E-state index contributed by atoms with van der Waals surface area (Å²) < 4.78 is 26.7. The summed E-state index contributed by atoms with van der Waals surface area (Å²) in [5.74, 6) is -1.93. The lowest BCUT2D eigenvalue weighted by atomic mass is 10.1. The molecule has 0 atom stereocenters. The van der Waals surface area contributed by atoms with E-state index >= 15 is 0 Å². The second-order valence-corrected chi connectivity index (χ2v) is 5.43. The average Bonchev–Trinajstić information content (AvgIpc) is 2.20. The quantitative estimate of drug-likeness (QED) is 0.780. The van der Waals surface area contributed by atoms with Gasteiger partial charge in [0.25, 0.3) is 5.91 Å². The van der Waals surface area contributed by atoms with Crippen molar-refractivity contribution in [3.05, 3.63) is 33.8 Å². The SMILES string of the molecule is CN(C)C1CN(C(=O)c2cc(Br)c(F)cc2F)C1. The molecule has 1 aliphatic rings. The molecule has 0 radical (unpaired) electrons. The van der Waals surface area contributed by atoms with Crippen LogP contribution >= 0.6 is 15.9 Å². The molecule has 0 aromatic heterocycles. The summed E-state index contributed by atoms with van der Waals surface area (Å²) in [6, 6.07) is 2.22. The summed E-state index contributed by atoms with van der Waals surface area (Å²) in [5.41, 5.74) is -0.0968. The fraction of sp³-hybridized carbons (Fsp3) is 0.417. The summed E-state index contributed by atoms with van der Waals surface area (Å²) in [5, 5.41) is 0. The van der Waals surface area contributed by atoms with E-state index in [1.54, 1.807) is 4.90 Å². The zero-order valence-corrected chi connectivity index (χ0v) is 11.7. The maximum atomic E-state index is 13.5. The maximum absolute atomic E-state index is 13.5. The third-order valence-electron chi connectivity index (χ3n) is 3.12. The van der Waals surface area contributed by atoms with E-state index in [1.165, 1.54) is 6.07 Å². The predicted octanol–water partition coefficient (Wildman–Crippen LogP) is 2.11. The highest BCUT2D eigenvalue weighted by atomic mass is 79.9. The molecule has 1 saturated heterocycles. The van der Waals surface area contributed by atoms with Crippen LogP contribution in [0.4, 0.5) is 8.78 Å². The number of carbonyl (C=O) groups is 1. The van der Waals surface area contributed by atoms with Gasteiger partial charge in [-0.1, -0.05) is 0 Å². The van der Waals surface area contributed by atoms with E-state index in [0.29, 0.717) is 19.1 Å². The Morgan fingerprint density at radius 2 is 1.94 bits per heavy atom. The third kappa shape index (κ3) is 2.40. The Hall–Kier alpha value is -1.01. The summed E-state index contributed by atoms with van der Waals surface area (Å²) in [4.78, 5) is 15.6. The Labute approximate surface area is 112 Å². The van der Waals surface area contributed by atoms with E-state index in [1.807, 2.05) is 19.0 Å². The van der Waals surface area contributed by atoms with E-state index in [4.69, 9.17) is 0 Å². The van der Waals surface area contributed by atoms with Crippen LogP contribution in [0.5, 0.6) is 0 Å². The molecule has 0 saturated carbocycles. The first-order chi connectivity index (χ1) is 8.40. The maximum Gasteiger partial charge on any atom is 0.256 e. The first-order valence-electron chi connectivity index (χ1n) is 5.50. The van der Waals surface area contributed by atoms with Crippen LogP contribution in [0.2, 0.25) is 0 Å². The fourth-order valence-electron chi connectivity index (χ4n) is 1.80. The van der Waals surface area contributed by atoms with E-state index < -0.39 is 17.5 Å². The van der Waals surface area contributed by atoms with Crippen molar-refractivity contribution in [2.24, 2.45) is 0 Å². The highest BCUT2D eigenvalue weighted by Crippen LogP contribution is 2.23. The van der Waals surface area contributed by atoms with Crippen molar-refractivity contribution in [2.45, 2.75) is 6.04 Å². The lowest BCUT2D eigenvalue weighted by Gasteiger charge is -2.42. The molecule has 6 heteroatoms. The summed E-state index contributed by atoms with van der Waals surface area (Å²) in [6.07, 6.45) is 0. The number of benzene rings is 1. The van der Waals surface area contributed by atoms with Gasteiger partial charge in [0, 0.05) is 25.2 Å². The first kappa shape index (κ1) is 13.4. The van der Waals surface area contributed by atoms with Gasteiger partial charge in [0.1, 0.15) is 11.6 Å². The number of amides is 1. The number of rotatable bonds is 2. The molecule has 1 aromatic carbocycles. The lowest BCUT2D eigenvalue weighted by molar-refractivity contribution is 0.0395. The Kier molecular flexibility index (Phi) is 3.68. The Bertz CT molecular complexity index is 487. The number of likely N-dealkylation sites (N-methyl/N-ethyl adjacent to an activating group) is 1. The van der Waals surface area contributed by atoms with Gasteiger partial charge in [0.15, 0.2) is 0 Å². The second kappa shape index (κ2) is 4.93. The molecule has 0 spiro atoms. The van der Waals surface area contributed by atoms with Crippen molar-refractivity contribution >= 4 is 21.8 Å². The predicted molar refractivity (Wildman–Crippen MR) is 67.4 cm³/mol. The van der Waals surface area contributed by atoms with Crippen molar-refractivity contribution in [1.29, 1.82) is 0 Å². The van der Waals surface area contributed by atoms with Gasteiger partial charge in [-0.2, -0.15) is 0 Å². The summed E-state index contributed by atoms with van der Waals surface area (Å²) >= 11 is 2.95. The molecular weight excluding hydrogens is 306 g/mol. The molecule has 0 N–H and O–H groups in total. The van der Waals surface area contributed by atoms with Crippen LogP contribution in [0.1, 0.15) is 10.4 Å². The molecule has 2 rings (SSSR count). The van der Waals surface area contributed by atoms with Gasteiger partial charge in [-0.15, -0.1) is 0 Å². The molecule has 18 heavy (non-hydrogen) atoms. The molecule has 1 fully saturated rings. The Morgan fingerprint density at radius 1 is 1.33 bits per heavy atom. The normalized spacial score (nSPS) is 16.0. The van der Waals surface area contributed by atoms with E-state index in [2.05, 4.69) is 15.9 Å². The standard InChI is InChI=1S/C12H13BrF2N2O/c1-16(2)7-5-17(6-7)12(18)8-3-9(13)11(15)4-10(8)14/h3-4,7H,5-6H2,1-2H3. The number of hydrogen-bond acceptors (Lipinski definition) is 2. The van der Waals surface area contributed by atoms with Crippen molar-refractivity contribution in [2.75, 3.05) is 27.2 Å². The molecule has 1 aromatic rings. The smallest absolute Gasteiger partial charge is 0.256 e. The van der Waals surface area contributed by atoms with Gasteiger partial charge >= 0.3 is 0 Å². The average molecular weight is 319 g/mol. The van der Waals surface area contributed by atoms with Gasteiger partial charge in [0.2, 0.25) is 0 Å². The van der Waals surface area contributed by atoms with Gasteiger partial charge in [-0.3, -0.25) is 4.79 Å². The minimum Gasteiger partial charge on any atom is -0.335 e. The number of nitrogens with zero attached hydrogens (tertiary/aromatic N) is 2. The van der Waals surface area contributed by atoms with Crippen molar-refractivity contribution in [3.8, 4) is 0 Å². The summed E-state index contributed by atoms with van der Waals surface area (Å²) in [6.45, 7) is 1.14. The lowest BCUT2D eigenvalue weighted by Crippen LogP contribution is -2.59. The zero-order valence-electron chi connectivity index (χ0n) is 10.1. The molecule has 1 amide bonds. The van der Waals surface area contributed by atoms with Crippen LogP contribution in [-0.2, 0) is 0 Å². The molecular formula is C12H13BrF2N2O. The molecule has 0 unspecified atom stereocenters. The van der Waals surface area contributed by atoms with Gasteiger partial charge < -0.3 is 9.80 Å². The molecule has 0 aliphatic carbocycles. The van der Waals surface area contributed by atoms with Gasteiger partial charge in [0.05, 0.1) is 10.0 Å². The largest absolute Gasteiger partial charge is 0.335 e. The van der Waals surface area contributed by atoms with Crippen LogP contribution in [0.25, 0.3) is 0 Å². The molecule has 98 valence electrons. The number of hydrogen-bond donors (Lipinski definition) is 0. The minimum atomic E-state index is -0.825. The number of carbonyl (C=O) groups excluding carboxylic acids is 1. The topological polar surface area (TPSA) is 23.6 Å². The highest BCUT2D eigenvalue weighted by molar-refractivity contribution is 9.10. The molecule has 0 bridgehead atoms. The molecule has 3 nitrogen and oxygen atoms in total. The highest BCUT2D eigenvalue weighted by Gasteiger charge is 2.33. The van der Waals surface area contributed by atoms with Crippen LogP contribution in [0.3, 0.4) is 0 Å². The third-order valence-corrected chi connectivity index (χ3v) is 3.73. The van der Waals surface area contributed by atoms with Crippen LogP contribution in [-0.4, -0.2) is 48.9 Å². The Morgan fingerprint density at radius 3 is 2.50 bits per heavy atom. The minimum absolute atomic E-state index is 0.0944. The van der Waals surface area contributed by atoms with Crippen molar-refractivity contribution < 1.29 is 13.6 Å². The number of likely N-dealkylation sites (tertiary alicyclic amines) is 1. The van der Waals surface area contributed by atoms with Crippen LogP contribution in [0, 0.1) is 11.6 Å². The number of halogens is 3. The van der Waals surface area contributed by atoms with Gasteiger partial charge in [-0.05, 0) is 36.1 Å². The second-order valence-electron chi connectivity index (χ2n) is 4.57. The van der Waals surface area contributed by atoms with E-state index in [9.17, 15) is 13.6 Å². The first-order valence-corrected chi connectivity index (χ1v) is 6.29. The van der Waals surface area contributed by atoms with Crippen LogP contribution in [0.15, 0.2) is 16.6 Å². The van der Waals surface area contributed by atoms with E-state index in [-0.39, 0.29) is 10.0 Å². The summed E-state index contributed by atoms with van der Waals surface area (Å²) in [7, 11) is 3.86.